The first kappa shape index (κ1) is 15.1. The quantitative estimate of drug-likeness (QED) is 0.733. The first-order valence-electron chi connectivity index (χ1n) is 6.93. The van der Waals surface area contributed by atoms with Crippen molar-refractivity contribution in [3.05, 3.63) is 41.7 Å². The summed E-state index contributed by atoms with van der Waals surface area (Å²) >= 11 is 0. The molecule has 0 aliphatic carbocycles. The Kier molecular flexibility index (Phi) is 5.39. The molecule has 112 valence electrons. The molecular weight excluding hydrogens is 270 g/mol. The number of benzene rings is 1. The maximum Gasteiger partial charge on any atom is 0.254 e. The number of ether oxygens (including phenoxy) is 1. The molecule has 1 heterocycles. The summed E-state index contributed by atoms with van der Waals surface area (Å²) in [5.74, 6) is -0.252. The number of primary amides is 1. The van der Waals surface area contributed by atoms with Gasteiger partial charge in [0.2, 0.25) is 0 Å². The Balaban J connectivity index is 2.14. The largest absolute Gasteiger partial charge is 0.367 e. The number of amides is 1. The fraction of sp³-hybridized carbons (Fsp3) is 0.429. The fourth-order valence-corrected chi connectivity index (χ4v) is 1.90. The van der Waals surface area contributed by atoms with Crippen LogP contribution in [-0.2, 0) is 16.1 Å². The van der Waals surface area contributed by atoms with Gasteiger partial charge >= 0.3 is 0 Å². The van der Waals surface area contributed by atoms with Gasteiger partial charge in [0.1, 0.15) is 0 Å². The van der Waals surface area contributed by atoms with Crippen molar-refractivity contribution in [2.45, 2.75) is 32.4 Å². The number of unbranched alkanes of at least 4 members (excludes halogenated alkanes) is 1. The van der Waals surface area contributed by atoms with E-state index in [0.717, 1.165) is 18.4 Å². The van der Waals surface area contributed by atoms with Gasteiger partial charge in [-0.15, -0.1) is 5.10 Å². The molecule has 0 bridgehead atoms. The van der Waals surface area contributed by atoms with Crippen LogP contribution in [0.2, 0.25) is 0 Å². The van der Waals surface area contributed by atoms with E-state index in [9.17, 15) is 4.79 Å². The van der Waals surface area contributed by atoms with Gasteiger partial charge < -0.3 is 10.5 Å². The number of rotatable bonds is 8. The van der Waals surface area contributed by atoms with Crippen molar-refractivity contribution in [1.29, 1.82) is 0 Å². The summed E-state index contributed by atoms with van der Waals surface area (Å²) in [4.78, 5) is 11.6. The number of carbonyl (C=O) groups excluding carboxylic acids is 1. The smallest absolute Gasteiger partial charge is 0.254 e. The Hall–Kier alpha value is -2.28. The second-order valence-corrected chi connectivity index (χ2v) is 4.69. The number of aromatic nitrogens is 4. The van der Waals surface area contributed by atoms with Crippen LogP contribution in [0.15, 0.2) is 30.3 Å². The van der Waals surface area contributed by atoms with Crippen molar-refractivity contribution in [3.8, 4) is 0 Å². The van der Waals surface area contributed by atoms with E-state index >= 15 is 0 Å². The topological polar surface area (TPSA) is 95.9 Å². The second-order valence-electron chi connectivity index (χ2n) is 4.69. The summed E-state index contributed by atoms with van der Waals surface area (Å²) < 4.78 is 7.07. The van der Waals surface area contributed by atoms with Crippen molar-refractivity contribution < 1.29 is 9.53 Å². The summed E-state index contributed by atoms with van der Waals surface area (Å²) in [6.07, 6.45) is 0.903. The highest BCUT2D eigenvalue weighted by molar-refractivity contribution is 5.79. The van der Waals surface area contributed by atoms with Crippen LogP contribution in [0, 0.1) is 0 Å². The lowest BCUT2D eigenvalue weighted by atomic mass is 10.2. The van der Waals surface area contributed by atoms with Gasteiger partial charge in [-0.05, 0) is 22.4 Å². The van der Waals surface area contributed by atoms with E-state index < -0.39 is 12.0 Å². The van der Waals surface area contributed by atoms with Crippen LogP contribution in [0.4, 0.5) is 0 Å². The summed E-state index contributed by atoms with van der Waals surface area (Å²) in [7, 11) is 0. The lowest BCUT2D eigenvalue weighted by Gasteiger charge is -2.14. The van der Waals surface area contributed by atoms with Gasteiger partial charge in [-0.2, -0.15) is 0 Å². The predicted molar refractivity (Wildman–Crippen MR) is 76.2 cm³/mol. The number of nitrogens with zero attached hydrogens (tertiary/aromatic N) is 4. The third-order valence-corrected chi connectivity index (χ3v) is 3.01. The zero-order valence-corrected chi connectivity index (χ0v) is 12.0. The number of carbonyl (C=O) groups is 1. The molecule has 7 nitrogen and oxygen atoms in total. The van der Waals surface area contributed by atoms with Crippen molar-refractivity contribution in [3.63, 3.8) is 0 Å². The summed E-state index contributed by atoms with van der Waals surface area (Å²) in [6, 6.07) is 9.72. The van der Waals surface area contributed by atoms with Crippen LogP contribution in [-0.4, -0.2) is 32.7 Å². The predicted octanol–water partition coefficient (Wildman–Crippen LogP) is 1.06. The molecule has 21 heavy (non-hydrogen) atoms. The molecule has 1 aromatic heterocycles. The Bertz CT molecular complexity index is 570. The number of tetrazole rings is 1. The molecule has 1 atom stereocenters. The average molecular weight is 289 g/mol. The standard InChI is InChI=1S/C14H19N5O2/c1-2-3-9-21-12(13(15)20)14-16-17-18-19(14)10-11-7-5-4-6-8-11/h4-8,12H,2-3,9-10H2,1H3,(H2,15,20). The molecule has 1 amide bonds. The van der Waals surface area contributed by atoms with Crippen LogP contribution in [0.5, 0.6) is 0 Å². The lowest BCUT2D eigenvalue weighted by Crippen LogP contribution is -2.27. The first-order valence-corrected chi connectivity index (χ1v) is 6.93. The van der Waals surface area contributed by atoms with Crippen LogP contribution in [0.1, 0.15) is 37.3 Å². The van der Waals surface area contributed by atoms with Gasteiger partial charge in [0.05, 0.1) is 6.54 Å². The highest BCUT2D eigenvalue weighted by Gasteiger charge is 2.25. The third-order valence-electron chi connectivity index (χ3n) is 3.01. The van der Waals surface area contributed by atoms with Crippen LogP contribution in [0.25, 0.3) is 0 Å². The van der Waals surface area contributed by atoms with Gasteiger partial charge in [0.15, 0.2) is 11.9 Å². The highest BCUT2D eigenvalue weighted by Crippen LogP contribution is 2.15. The molecule has 0 aliphatic rings. The summed E-state index contributed by atoms with van der Waals surface area (Å²) in [5.41, 5.74) is 6.43. The molecule has 0 radical (unpaired) electrons. The molecule has 7 heteroatoms. The number of hydrogen-bond donors (Lipinski definition) is 1. The maximum absolute atomic E-state index is 11.6. The Morgan fingerprint density at radius 1 is 1.38 bits per heavy atom. The molecule has 2 aromatic rings. The molecule has 0 saturated heterocycles. The zero-order valence-electron chi connectivity index (χ0n) is 12.0. The van der Waals surface area contributed by atoms with E-state index in [2.05, 4.69) is 15.5 Å². The summed E-state index contributed by atoms with van der Waals surface area (Å²) in [6.45, 7) is 2.95. The minimum atomic E-state index is -0.921. The average Bonchev–Trinajstić information content (AvgIpc) is 2.92. The van der Waals surface area contributed by atoms with Gasteiger partial charge in [0.25, 0.3) is 5.91 Å². The van der Waals surface area contributed by atoms with Gasteiger partial charge in [-0.1, -0.05) is 43.7 Å². The van der Waals surface area contributed by atoms with Crippen molar-refractivity contribution in [2.75, 3.05) is 6.61 Å². The molecule has 2 rings (SSSR count). The normalized spacial score (nSPS) is 12.2. The van der Waals surface area contributed by atoms with Crippen LogP contribution >= 0.6 is 0 Å². The van der Waals surface area contributed by atoms with E-state index in [0.29, 0.717) is 19.0 Å². The molecule has 1 unspecified atom stereocenters. The van der Waals surface area contributed by atoms with Gasteiger partial charge in [0, 0.05) is 6.61 Å². The molecule has 0 saturated carbocycles. The summed E-state index contributed by atoms with van der Waals surface area (Å²) in [5, 5.41) is 11.4. The maximum atomic E-state index is 11.6. The third kappa shape index (κ3) is 4.09. The molecule has 0 fully saturated rings. The minimum Gasteiger partial charge on any atom is -0.367 e. The first-order chi connectivity index (χ1) is 10.2. The van der Waals surface area contributed by atoms with E-state index in [1.54, 1.807) is 0 Å². The monoisotopic (exact) mass is 289 g/mol. The van der Waals surface area contributed by atoms with Crippen molar-refractivity contribution in [2.24, 2.45) is 5.73 Å². The Labute approximate surface area is 123 Å². The molecule has 0 aliphatic heterocycles. The SMILES string of the molecule is CCCCOC(C(N)=O)c1nnnn1Cc1ccccc1. The van der Waals surface area contributed by atoms with Crippen LogP contribution in [0.3, 0.4) is 0 Å². The molecule has 1 aromatic carbocycles. The van der Waals surface area contributed by atoms with Crippen molar-refractivity contribution in [1.82, 2.24) is 20.2 Å². The van der Waals surface area contributed by atoms with E-state index in [1.807, 2.05) is 37.3 Å². The van der Waals surface area contributed by atoms with Gasteiger partial charge in [-0.25, -0.2) is 4.68 Å². The minimum absolute atomic E-state index is 0.336. The van der Waals surface area contributed by atoms with Crippen LogP contribution < -0.4 is 5.73 Å². The number of hydrogen-bond acceptors (Lipinski definition) is 5. The molecular formula is C14H19N5O2. The Morgan fingerprint density at radius 3 is 2.81 bits per heavy atom. The second kappa shape index (κ2) is 7.49. The van der Waals surface area contributed by atoms with Crippen molar-refractivity contribution >= 4 is 5.91 Å². The lowest BCUT2D eigenvalue weighted by molar-refractivity contribution is -0.130. The zero-order chi connectivity index (χ0) is 15.1. The Morgan fingerprint density at radius 2 is 2.14 bits per heavy atom. The van der Waals surface area contributed by atoms with E-state index in [-0.39, 0.29) is 0 Å². The molecule has 2 N–H and O–H groups in total. The molecule has 0 spiro atoms. The van der Waals surface area contributed by atoms with Gasteiger partial charge in [-0.3, -0.25) is 4.79 Å². The number of nitrogens with two attached hydrogens (primary N) is 1. The van der Waals surface area contributed by atoms with E-state index in [1.165, 1.54) is 4.68 Å². The van der Waals surface area contributed by atoms with E-state index in [4.69, 9.17) is 10.5 Å². The fourth-order valence-electron chi connectivity index (χ4n) is 1.90. The highest BCUT2D eigenvalue weighted by atomic mass is 16.5.